The van der Waals surface area contributed by atoms with E-state index >= 15 is 0 Å². The van der Waals surface area contributed by atoms with Crippen LogP contribution in [0.1, 0.15) is 61.7 Å². The lowest BCUT2D eigenvalue weighted by Crippen LogP contribution is -2.12. The van der Waals surface area contributed by atoms with Gasteiger partial charge < -0.3 is 14.9 Å². The molecule has 1 unspecified atom stereocenters. The summed E-state index contributed by atoms with van der Waals surface area (Å²) in [6.45, 7) is 1.63. The first-order chi connectivity index (χ1) is 12.0. The van der Waals surface area contributed by atoms with Crippen LogP contribution in [0.2, 0.25) is 0 Å². The van der Waals surface area contributed by atoms with Crippen LogP contribution < -0.4 is 5.32 Å². The molecule has 0 saturated heterocycles. The van der Waals surface area contributed by atoms with Crippen LogP contribution in [0.4, 0.5) is 5.69 Å². The molecule has 1 heterocycles. The molecule has 7 nitrogen and oxygen atoms in total. The minimum absolute atomic E-state index is 0.0963. The van der Waals surface area contributed by atoms with Crippen molar-refractivity contribution in [2.75, 3.05) is 5.32 Å². The number of rotatable bonds is 8. The number of anilines is 1. The Kier molecular flexibility index (Phi) is 5.11. The molecule has 1 aromatic carbocycles. The lowest BCUT2D eigenvalue weighted by Gasteiger charge is -2.09. The second-order valence-corrected chi connectivity index (χ2v) is 6.40. The third kappa shape index (κ3) is 4.65. The highest BCUT2D eigenvalue weighted by molar-refractivity contribution is 5.90. The van der Waals surface area contributed by atoms with E-state index in [2.05, 4.69) is 15.5 Å². The zero-order chi connectivity index (χ0) is 17.8. The Morgan fingerprint density at radius 1 is 1.32 bits per heavy atom. The van der Waals surface area contributed by atoms with Crippen molar-refractivity contribution in [3.63, 3.8) is 0 Å². The third-order valence-corrected chi connectivity index (χ3v) is 4.29. The molecule has 1 aromatic heterocycles. The number of carboxylic acids is 1. The Morgan fingerprint density at radius 3 is 2.68 bits per heavy atom. The van der Waals surface area contributed by atoms with Crippen LogP contribution in [0.25, 0.3) is 0 Å². The monoisotopic (exact) mass is 343 g/mol. The Balaban J connectivity index is 1.43. The molecule has 1 saturated carbocycles. The number of aliphatic carboxylic acids is 1. The minimum atomic E-state index is -0.873. The highest BCUT2D eigenvalue weighted by Crippen LogP contribution is 2.38. The second kappa shape index (κ2) is 7.46. The second-order valence-electron chi connectivity index (χ2n) is 6.40. The van der Waals surface area contributed by atoms with Gasteiger partial charge >= 0.3 is 5.97 Å². The average Bonchev–Trinajstić information content (AvgIpc) is 3.34. The molecule has 1 aliphatic rings. The maximum atomic E-state index is 12.0. The molecule has 132 valence electrons. The van der Waals surface area contributed by atoms with Crippen molar-refractivity contribution >= 4 is 17.6 Å². The zero-order valence-electron chi connectivity index (χ0n) is 14.1. The Hall–Kier alpha value is -2.70. The van der Waals surface area contributed by atoms with E-state index in [1.807, 2.05) is 0 Å². The number of amides is 1. The topological polar surface area (TPSA) is 105 Å². The molecule has 1 fully saturated rings. The number of carboxylic acid groups (broad SMARTS) is 1. The molecule has 1 aliphatic carbocycles. The van der Waals surface area contributed by atoms with Gasteiger partial charge in [0.05, 0.1) is 5.92 Å². The van der Waals surface area contributed by atoms with Gasteiger partial charge in [-0.2, -0.15) is 4.98 Å². The van der Waals surface area contributed by atoms with Crippen molar-refractivity contribution in [3.05, 3.63) is 41.5 Å². The van der Waals surface area contributed by atoms with Crippen molar-refractivity contribution in [2.45, 2.75) is 50.9 Å². The molecular weight excluding hydrogens is 322 g/mol. The van der Waals surface area contributed by atoms with Crippen molar-refractivity contribution in [1.29, 1.82) is 0 Å². The van der Waals surface area contributed by atoms with Crippen LogP contribution in [-0.4, -0.2) is 27.1 Å². The summed E-state index contributed by atoms with van der Waals surface area (Å²) in [7, 11) is 0. The Labute approximate surface area is 145 Å². The number of aryl methyl sites for hydroxylation is 1. The fourth-order valence-electron chi connectivity index (χ4n) is 2.50. The van der Waals surface area contributed by atoms with Crippen LogP contribution in [0.5, 0.6) is 0 Å². The lowest BCUT2D eigenvalue weighted by molar-refractivity contribution is -0.138. The van der Waals surface area contributed by atoms with Crippen LogP contribution >= 0.6 is 0 Å². The fourth-order valence-corrected chi connectivity index (χ4v) is 2.50. The quantitative estimate of drug-likeness (QED) is 0.763. The maximum Gasteiger partial charge on any atom is 0.310 e. The molecule has 2 aromatic rings. The first-order valence-electron chi connectivity index (χ1n) is 8.48. The highest BCUT2D eigenvalue weighted by Gasteiger charge is 2.28. The van der Waals surface area contributed by atoms with Gasteiger partial charge in [0, 0.05) is 24.4 Å². The molecule has 3 rings (SSSR count). The predicted octanol–water partition coefficient (Wildman–Crippen LogP) is 3.10. The number of hydrogen-bond acceptors (Lipinski definition) is 5. The van der Waals surface area contributed by atoms with Gasteiger partial charge in [-0.25, -0.2) is 0 Å². The summed E-state index contributed by atoms with van der Waals surface area (Å²) in [5, 5.41) is 15.7. The van der Waals surface area contributed by atoms with Crippen molar-refractivity contribution in [1.82, 2.24) is 10.1 Å². The largest absolute Gasteiger partial charge is 0.481 e. The number of carbonyl (C=O) groups excluding carboxylic acids is 1. The number of benzene rings is 1. The van der Waals surface area contributed by atoms with Crippen LogP contribution in [-0.2, 0) is 16.0 Å². The highest BCUT2D eigenvalue weighted by atomic mass is 16.5. The van der Waals surface area contributed by atoms with E-state index in [1.54, 1.807) is 31.2 Å². The van der Waals surface area contributed by atoms with E-state index < -0.39 is 11.9 Å². The number of aromatic nitrogens is 2. The first kappa shape index (κ1) is 17.1. The number of hydrogen-bond donors (Lipinski definition) is 2. The molecule has 0 bridgehead atoms. The number of nitrogens with zero attached hydrogens (tertiary/aromatic N) is 2. The smallest absolute Gasteiger partial charge is 0.310 e. The molecular formula is C18H21N3O4. The number of nitrogens with one attached hydrogen (secondary N) is 1. The van der Waals surface area contributed by atoms with E-state index in [9.17, 15) is 9.59 Å². The zero-order valence-corrected chi connectivity index (χ0v) is 14.1. The van der Waals surface area contributed by atoms with E-state index in [0.29, 0.717) is 42.3 Å². The standard InChI is InChI=1S/C18H21N3O4/c1-11(18(23)24)12-7-9-14(10-8-12)19-15(22)3-2-4-16-20-17(21-25-16)13-5-6-13/h7-11,13H,2-6H2,1H3,(H,19,22)(H,23,24). The SMILES string of the molecule is CC(C(=O)O)c1ccc(NC(=O)CCCc2nc(C3CC3)no2)cc1. The van der Waals surface area contributed by atoms with E-state index in [4.69, 9.17) is 9.63 Å². The summed E-state index contributed by atoms with van der Waals surface area (Å²) in [5.74, 6) is 0.299. The van der Waals surface area contributed by atoms with Crippen molar-refractivity contribution < 1.29 is 19.2 Å². The summed E-state index contributed by atoms with van der Waals surface area (Å²) < 4.78 is 5.18. The molecule has 7 heteroatoms. The van der Waals surface area contributed by atoms with Gasteiger partial charge in [-0.3, -0.25) is 9.59 Å². The third-order valence-electron chi connectivity index (χ3n) is 4.29. The van der Waals surface area contributed by atoms with Crippen LogP contribution in [0.3, 0.4) is 0 Å². The molecule has 25 heavy (non-hydrogen) atoms. The Morgan fingerprint density at radius 2 is 2.04 bits per heavy atom. The maximum absolute atomic E-state index is 12.0. The summed E-state index contributed by atoms with van der Waals surface area (Å²) in [5.41, 5.74) is 1.36. The van der Waals surface area contributed by atoms with Crippen LogP contribution in [0, 0.1) is 0 Å². The van der Waals surface area contributed by atoms with Crippen LogP contribution in [0.15, 0.2) is 28.8 Å². The van der Waals surface area contributed by atoms with E-state index in [0.717, 1.165) is 18.7 Å². The van der Waals surface area contributed by atoms with Gasteiger partial charge in [-0.15, -0.1) is 0 Å². The van der Waals surface area contributed by atoms with E-state index in [-0.39, 0.29) is 5.91 Å². The summed E-state index contributed by atoms with van der Waals surface area (Å²) >= 11 is 0. The Bertz CT molecular complexity index is 750. The molecule has 2 N–H and O–H groups in total. The minimum Gasteiger partial charge on any atom is -0.481 e. The lowest BCUT2D eigenvalue weighted by atomic mass is 10.0. The predicted molar refractivity (Wildman–Crippen MR) is 90.3 cm³/mol. The molecule has 0 spiro atoms. The van der Waals surface area contributed by atoms with Gasteiger partial charge in [0.2, 0.25) is 11.8 Å². The molecule has 1 amide bonds. The van der Waals surface area contributed by atoms with Gasteiger partial charge in [-0.1, -0.05) is 17.3 Å². The van der Waals surface area contributed by atoms with Gasteiger partial charge in [0.1, 0.15) is 0 Å². The normalized spacial score (nSPS) is 14.9. The fraction of sp³-hybridized carbons (Fsp3) is 0.444. The summed E-state index contributed by atoms with van der Waals surface area (Å²) in [6.07, 6.45) is 3.83. The average molecular weight is 343 g/mol. The van der Waals surface area contributed by atoms with E-state index in [1.165, 1.54) is 0 Å². The van der Waals surface area contributed by atoms with Crippen molar-refractivity contribution in [2.24, 2.45) is 0 Å². The summed E-state index contributed by atoms with van der Waals surface area (Å²) in [6, 6.07) is 6.86. The molecule has 0 radical (unpaired) electrons. The first-order valence-corrected chi connectivity index (χ1v) is 8.48. The van der Waals surface area contributed by atoms with Gasteiger partial charge in [0.25, 0.3) is 0 Å². The van der Waals surface area contributed by atoms with Gasteiger partial charge in [-0.05, 0) is 43.9 Å². The van der Waals surface area contributed by atoms with Gasteiger partial charge in [0.15, 0.2) is 5.82 Å². The molecule has 1 atom stereocenters. The van der Waals surface area contributed by atoms with Crippen molar-refractivity contribution in [3.8, 4) is 0 Å². The number of carbonyl (C=O) groups is 2. The summed E-state index contributed by atoms with van der Waals surface area (Å²) in [4.78, 5) is 27.3. The molecule has 0 aliphatic heterocycles.